The number of unbranched alkanes of at least 4 members (excludes halogenated alkanes) is 1. The van der Waals surface area contributed by atoms with E-state index in [0.29, 0.717) is 29.8 Å². The molecule has 0 radical (unpaired) electrons. The van der Waals surface area contributed by atoms with Crippen molar-refractivity contribution in [3.05, 3.63) is 45.3 Å². The Hall–Kier alpha value is -5.14. The van der Waals surface area contributed by atoms with Gasteiger partial charge in [0.2, 0.25) is 29.6 Å². The molecule has 7 rings (SSSR count). The Morgan fingerprint density at radius 1 is 0.912 bits per heavy atom. The van der Waals surface area contributed by atoms with Crippen LogP contribution in [0.4, 0.5) is 10.3 Å². The van der Waals surface area contributed by atoms with Crippen LogP contribution < -0.4 is 31.9 Å². The summed E-state index contributed by atoms with van der Waals surface area (Å²) < 4.78 is 16.7. The van der Waals surface area contributed by atoms with Crippen LogP contribution >= 0.6 is 11.3 Å². The summed E-state index contributed by atoms with van der Waals surface area (Å²) in [6.07, 6.45) is 11.2. The van der Waals surface area contributed by atoms with Gasteiger partial charge >= 0.3 is 0 Å². The second-order valence-corrected chi connectivity index (χ2v) is 16.1. The molecule has 3 fully saturated rings. The van der Waals surface area contributed by atoms with E-state index in [1.165, 1.54) is 30.4 Å². The Morgan fingerprint density at radius 2 is 1.67 bits per heavy atom. The molecule has 57 heavy (non-hydrogen) atoms. The number of fused-ring (bicyclic) bond motifs is 1. The van der Waals surface area contributed by atoms with Crippen molar-refractivity contribution in [1.82, 2.24) is 51.2 Å². The van der Waals surface area contributed by atoms with Gasteiger partial charge in [0.1, 0.15) is 11.7 Å². The monoisotopic (exact) mass is 805 g/mol. The van der Waals surface area contributed by atoms with Gasteiger partial charge in [-0.25, -0.2) is 14.4 Å². The number of nitrogens with zero attached hydrogens (tertiary/aromatic N) is 5. The highest BCUT2D eigenvalue weighted by Gasteiger charge is 2.46. The van der Waals surface area contributed by atoms with Gasteiger partial charge in [-0.2, -0.15) is 5.10 Å². The van der Waals surface area contributed by atoms with Crippen molar-refractivity contribution in [2.75, 3.05) is 31.5 Å². The number of aryl methyl sites for hydroxylation is 1. The highest BCUT2D eigenvalue weighted by molar-refractivity contribution is 7.10. The van der Waals surface area contributed by atoms with Crippen molar-refractivity contribution in [2.24, 2.45) is 13.0 Å². The van der Waals surface area contributed by atoms with Crippen molar-refractivity contribution < 1.29 is 33.2 Å². The van der Waals surface area contributed by atoms with E-state index in [2.05, 4.69) is 47.0 Å². The van der Waals surface area contributed by atoms with E-state index in [4.69, 9.17) is 0 Å². The van der Waals surface area contributed by atoms with E-state index in [0.717, 1.165) is 61.1 Å². The number of imide groups is 2. The third-order valence-electron chi connectivity index (χ3n) is 11.0. The van der Waals surface area contributed by atoms with Crippen LogP contribution in [-0.4, -0.2) is 104 Å². The Labute approximate surface area is 332 Å². The summed E-state index contributed by atoms with van der Waals surface area (Å²) >= 11 is 1.19. The molecule has 0 spiro atoms. The van der Waals surface area contributed by atoms with Crippen LogP contribution in [0.1, 0.15) is 95.5 Å². The zero-order valence-corrected chi connectivity index (χ0v) is 32.6. The zero-order valence-electron chi connectivity index (χ0n) is 31.8. The Balaban J connectivity index is 0.732. The third kappa shape index (κ3) is 9.70. The van der Waals surface area contributed by atoms with Gasteiger partial charge in [0.05, 0.1) is 43.2 Å². The fraction of sp³-hybridized carbons (Fsp3) is 0.553. The van der Waals surface area contributed by atoms with Crippen LogP contribution in [0.3, 0.4) is 0 Å². The number of thiophene rings is 1. The molecule has 3 aromatic heterocycles. The van der Waals surface area contributed by atoms with Crippen LogP contribution in [0.15, 0.2) is 17.8 Å². The maximum atomic E-state index is 14.8. The molecule has 304 valence electrons. The van der Waals surface area contributed by atoms with Crippen LogP contribution in [0, 0.1) is 11.7 Å². The first-order valence-electron chi connectivity index (χ1n) is 19.7. The van der Waals surface area contributed by atoms with E-state index in [1.54, 1.807) is 11.6 Å². The SMILES string of the molecule is Cn1ncc(-c2nc(N[C@H]3CC[C@H](NCC(=O)NCCCCNCC(=O)NCc4scc5c4C(=O)N(C4CCC(=O)NC4=O)C5=O)CC3)ncc2F)c1CC1CC1. The molecule has 6 N–H and O–H groups in total. The quantitative estimate of drug-likeness (QED) is 0.0797. The van der Waals surface area contributed by atoms with Gasteiger partial charge < -0.3 is 26.6 Å². The van der Waals surface area contributed by atoms with E-state index >= 15 is 0 Å². The molecule has 2 aliphatic carbocycles. The molecular formula is C38H48FN11O6S. The van der Waals surface area contributed by atoms with Crippen molar-refractivity contribution in [3.8, 4) is 11.3 Å². The third-order valence-corrected chi connectivity index (χ3v) is 11.9. The minimum Gasteiger partial charge on any atom is -0.355 e. The molecule has 17 nitrogen and oxygen atoms in total. The largest absolute Gasteiger partial charge is 0.355 e. The maximum absolute atomic E-state index is 14.8. The first-order chi connectivity index (χ1) is 27.5. The average molecular weight is 806 g/mol. The van der Waals surface area contributed by atoms with Gasteiger partial charge in [-0.15, -0.1) is 11.3 Å². The number of hydrogen-bond donors (Lipinski definition) is 6. The predicted octanol–water partition coefficient (Wildman–Crippen LogP) is 1.55. The van der Waals surface area contributed by atoms with Crippen LogP contribution in [-0.2, 0) is 39.2 Å². The van der Waals surface area contributed by atoms with Crippen LogP contribution in [0.2, 0.25) is 0 Å². The van der Waals surface area contributed by atoms with Crippen LogP contribution in [0.5, 0.6) is 0 Å². The molecule has 6 amide bonds. The first kappa shape index (κ1) is 40.1. The molecule has 1 unspecified atom stereocenters. The number of aromatic nitrogens is 4. The van der Waals surface area contributed by atoms with Gasteiger partial charge in [-0.3, -0.25) is 43.7 Å². The fourth-order valence-corrected chi connectivity index (χ4v) is 8.52. The lowest BCUT2D eigenvalue weighted by atomic mass is 9.91. The maximum Gasteiger partial charge on any atom is 0.263 e. The van der Waals surface area contributed by atoms with Gasteiger partial charge in [-0.05, 0) is 76.7 Å². The van der Waals surface area contributed by atoms with Gasteiger partial charge in [-0.1, -0.05) is 0 Å². The number of carbonyl (C=O) groups excluding carboxylic acids is 6. The second kappa shape index (κ2) is 18.0. The molecule has 4 aliphatic rings. The molecule has 1 saturated heterocycles. The molecule has 0 bridgehead atoms. The zero-order chi connectivity index (χ0) is 40.1. The normalized spacial score (nSPS) is 20.7. The summed E-state index contributed by atoms with van der Waals surface area (Å²) in [6, 6.07) is -0.679. The van der Waals surface area contributed by atoms with Gasteiger partial charge in [0.25, 0.3) is 11.8 Å². The molecule has 0 aromatic carbocycles. The van der Waals surface area contributed by atoms with Crippen molar-refractivity contribution in [2.45, 2.75) is 95.3 Å². The highest BCUT2D eigenvalue weighted by atomic mass is 32.1. The summed E-state index contributed by atoms with van der Waals surface area (Å²) in [5, 5.41) is 23.6. The molecular weight excluding hydrogens is 758 g/mol. The number of nitrogens with one attached hydrogen (secondary N) is 6. The smallest absolute Gasteiger partial charge is 0.263 e. The lowest BCUT2D eigenvalue weighted by Gasteiger charge is -2.29. The van der Waals surface area contributed by atoms with E-state index < -0.39 is 35.5 Å². The number of carbonyl (C=O) groups is 6. The summed E-state index contributed by atoms with van der Waals surface area (Å²) in [4.78, 5) is 84.9. The summed E-state index contributed by atoms with van der Waals surface area (Å²) in [6.45, 7) is 1.42. The Morgan fingerprint density at radius 3 is 2.44 bits per heavy atom. The fourth-order valence-electron chi connectivity index (χ4n) is 7.57. The van der Waals surface area contributed by atoms with E-state index in [1.807, 2.05) is 11.7 Å². The van der Waals surface area contributed by atoms with Crippen molar-refractivity contribution in [3.63, 3.8) is 0 Å². The number of rotatable bonds is 18. The number of piperidine rings is 1. The lowest BCUT2D eigenvalue weighted by molar-refractivity contribution is -0.136. The molecule has 5 heterocycles. The Kier molecular flexibility index (Phi) is 12.6. The number of amides is 6. The van der Waals surface area contributed by atoms with E-state index in [-0.39, 0.29) is 73.2 Å². The topological polar surface area (TPSA) is 221 Å². The van der Waals surface area contributed by atoms with Crippen molar-refractivity contribution >= 4 is 52.7 Å². The second-order valence-electron chi connectivity index (χ2n) is 15.1. The van der Waals surface area contributed by atoms with Crippen molar-refractivity contribution in [1.29, 1.82) is 0 Å². The molecule has 2 saturated carbocycles. The summed E-state index contributed by atoms with van der Waals surface area (Å²) in [7, 11) is 1.88. The van der Waals surface area contributed by atoms with Gasteiger partial charge in [0, 0.05) is 53.6 Å². The molecule has 2 aliphatic heterocycles. The standard InChI is InChI=1S/C38H48FN11O6S/c1-49-28(14-21-4-5-21)24(15-45-49)34-26(39)16-44-38(48-34)46-23-8-6-22(7-9-23)42-19-32(53)41-13-3-2-12-40-18-31(52)43-17-29-33-25(20-57-29)36(55)50(37(33)56)27-10-11-30(51)47-35(27)54/h15-16,20-23,27,40,42H,2-14,17-19H2,1H3,(H,41,53)(H,43,52)(H,44,46,48)(H,47,51,54)/t22-,23-,27?. The van der Waals surface area contributed by atoms with Gasteiger partial charge in [0.15, 0.2) is 5.82 Å². The molecule has 1 atom stereocenters. The Bertz CT molecular complexity index is 2020. The first-order valence-corrected chi connectivity index (χ1v) is 20.5. The lowest BCUT2D eigenvalue weighted by Crippen LogP contribution is -2.54. The minimum atomic E-state index is -1.04. The number of halogens is 1. The summed E-state index contributed by atoms with van der Waals surface area (Å²) in [5.74, 6) is -2.07. The molecule has 19 heteroatoms. The summed E-state index contributed by atoms with van der Waals surface area (Å²) in [5.41, 5.74) is 2.37. The average Bonchev–Trinajstić information content (AvgIpc) is 3.72. The minimum absolute atomic E-state index is 0.0410. The van der Waals surface area contributed by atoms with Crippen LogP contribution in [0.25, 0.3) is 11.3 Å². The number of hydrogen-bond acceptors (Lipinski definition) is 13. The number of anilines is 1. The predicted molar refractivity (Wildman–Crippen MR) is 206 cm³/mol. The van der Waals surface area contributed by atoms with E-state index in [9.17, 15) is 33.2 Å². The molecule has 3 aromatic rings. The highest BCUT2D eigenvalue weighted by Crippen LogP contribution is 2.36.